The van der Waals surface area contributed by atoms with E-state index in [4.69, 9.17) is 0 Å². The molecule has 1 aliphatic rings. The molecule has 0 aromatic heterocycles. The molecule has 12 heavy (non-hydrogen) atoms. The molecular formula is C11H23N. The maximum atomic E-state index is 2.70. The van der Waals surface area contributed by atoms with Gasteiger partial charge in [-0.2, -0.15) is 0 Å². The number of hydrogen-bond donors (Lipinski definition) is 0. The smallest absolute Gasteiger partial charge is 0.00952 e. The molecule has 0 atom stereocenters. The van der Waals surface area contributed by atoms with Gasteiger partial charge in [0.15, 0.2) is 0 Å². The minimum Gasteiger partial charge on any atom is -0.300 e. The molecule has 72 valence electrons. The van der Waals surface area contributed by atoms with E-state index in [2.05, 4.69) is 18.7 Å². The van der Waals surface area contributed by atoms with E-state index in [1.54, 1.807) is 0 Å². The van der Waals surface area contributed by atoms with E-state index in [1.807, 2.05) is 0 Å². The van der Waals surface area contributed by atoms with Gasteiger partial charge in [-0.05, 0) is 38.8 Å². The Morgan fingerprint density at radius 3 is 1.92 bits per heavy atom. The van der Waals surface area contributed by atoms with Crippen molar-refractivity contribution in [1.82, 2.24) is 4.90 Å². The molecule has 1 heteroatoms. The van der Waals surface area contributed by atoms with Gasteiger partial charge in [0.25, 0.3) is 0 Å². The molecule has 0 N–H and O–H groups in total. The van der Waals surface area contributed by atoms with Crippen molar-refractivity contribution in [2.45, 2.75) is 58.4 Å². The topological polar surface area (TPSA) is 3.24 Å². The monoisotopic (exact) mass is 169 g/mol. The molecule has 0 amide bonds. The van der Waals surface area contributed by atoms with Gasteiger partial charge in [-0.15, -0.1) is 0 Å². The molecule has 0 saturated heterocycles. The molecule has 0 spiro atoms. The molecule has 0 aromatic carbocycles. The fraction of sp³-hybridized carbons (Fsp3) is 1.00. The van der Waals surface area contributed by atoms with Crippen LogP contribution in [0.3, 0.4) is 0 Å². The first kappa shape index (κ1) is 10.0. The fourth-order valence-corrected chi connectivity index (χ4v) is 2.32. The normalized spacial score (nSPS) is 19.2. The lowest BCUT2D eigenvalue weighted by Gasteiger charge is -2.27. The van der Waals surface area contributed by atoms with Crippen LogP contribution < -0.4 is 0 Å². The number of rotatable bonds is 5. The van der Waals surface area contributed by atoms with Gasteiger partial charge in [0, 0.05) is 6.04 Å². The lowest BCUT2D eigenvalue weighted by Crippen LogP contribution is -2.34. The van der Waals surface area contributed by atoms with E-state index in [0.717, 1.165) is 6.04 Å². The van der Waals surface area contributed by atoms with Crippen molar-refractivity contribution < 1.29 is 0 Å². The second-order valence-electron chi connectivity index (χ2n) is 3.97. The van der Waals surface area contributed by atoms with Crippen LogP contribution in [0.15, 0.2) is 0 Å². The molecule has 1 rings (SSSR count). The molecule has 0 aromatic rings. The van der Waals surface area contributed by atoms with Crippen molar-refractivity contribution in [3.05, 3.63) is 0 Å². The van der Waals surface area contributed by atoms with Gasteiger partial charge in [-0.1, -0.05) is 26.7 Å². The van der Waals surface area contributed by atoms with E-state index in [9.17, 15) is 0 Å². The van der Waals surface area contributed by atoms with Gasteiger partial charge < -0.3 is 4.90 Å². The van der Waals surface area contributed by atoms with Crippen molar-refractivity contribution >= 4 is 0 Å². The first-order valence-corrected chi connectivity index (χ1v) is 5.62. The SMILES string of the molecule is CCCN(CCC)C1CCCC1. The lowest BCUT2D eigenvalue weighted by molar-refractivity contribution is 0.199. The van der Waals surface area contributed by atoms with E-state index >= 15 is 0 Å². The highest BCUT2D eigenvalue weighted by Gasteiger charge is 2.20. The minimum atomic E-state index is 0.935. The van der Waals surface area contributed by atoms with Crippen LogP contribution in [0.5, 0.6) is 0 Å². The molecule has 1 nitrogen and oxygen atoms in total. The summed E-state index contributed by atoms with van der Waals surface area (Å²) < 4.78 is 0. The van der Waals surface area contributed by atoms with Gasteiger partial charge >= 0.3 is 0 Å². The number of nitrogens with zero attached hydrogens (tertiary/aromatic N) is 1. The third-order valence-electron chi connectivity index (χ3n) is 2.86. The van der Waals surface area contributed by atoms with Crippen LogP contribution in [0.1, 0.15) is 52.4 Å². The molecule has 0 aliphatic heterocycles. The highest BCUT2D eigenvalue weighted by Crippen LogP contribution is 2.23. The third-order valence-corrected chi connectivity index (χ3v) is 2.86. The predicted octanol–water partition coefficient (Wildman–Crippen LogP) is 3.05. The summed E-state index contributed by atoms with van der Waals surface area (Å²) in [5, 5.41) is 0. The van der Waals surface area contributed by atoms with E-state index in [0.29, 0.717) is 0 Å². The fourth-order valence-electron chi connectivity index (χ4n) is 2.32. The van der Waals surface area contributed by atoms with E-state index in [-0.39, 0.29) is 0 Å². The van der Waals surface area contributed by atoms with Gasteiger partial charge in [-0.25, -0.2) is 0 Å². The van der Waals surface area contributed by atoms with Crippen LogP contribution in [0.25, 0.3) is 0 Å². The predicted molar refractivity (Wildman–Crippen MR) is 54.4 cm³/mol. The first-order chi connectivity index (χ1) is 5.88. The van der Waals surface area contributed by atoms with Gasteiger partial charge in [0.2, 0.25) is 0 Å². The Bertz CT molecular complexity index is 99.6. The number of hydrogen-bond acceptors (Lipinski definition) is 1. The standard InChI is InChI=1S/C11H23N/c1-3-9-12(10-4-2)11-7-5-6-8-11/h11H,3-10H2,1-2H3. The van der Waals surface area contributed by atoms with Crippen molar-refractivity contribution in [2.24, 2.45) is 0 Å². The van der Waals surface area contributed by atoms with Gasteiger partial charge in [0.1, 0.15) is 0 Å². The largest absolute Gasteiger partial charge is 0.300 e. The average molecular weight is 169 g/mol. The Kier molecular flexibility index (Phi) is 4.67. The van der Waals surface area contributed by atoms with Crippen LogP contribution in [-0.4, -0.2) is 24.0 Å². The summed E-state index contributed by atoms with van der Waals surface area (Å²) in [6.45, 7) is 7.21. The molecule has 1 fully saturated rings. The highest BCUT2D eigenvalue weighted by atomic mass is 15.1. The average Bonchev–Trinajstić information content (AvgIpc) is 2.56. The Morgan fingerprint density at radius 1 is 1.00 bits per heavy atom. The second kappa shape index (κ2) is 5.58. The maximum Gasteiger partial charge on any atom is 0.00952 e. The molecular weight excluding hydrogens is 146 g/mol. The van der Waals surface area contributed by atoms with Crippen LogP contribution >= 0.6 is 0 Å². The summed E-state index contributed by atoms with van der Waals surface area (Å²) in [5.41, 5.74) is 0. The molecule has 0 unspecified atom stereocenters. The summed E-state index contributed by atoms with van der Waals surface area (Å²) in [6, 6.07) is 0.935. The molecule has 0 radical (unpaired) electrons. The van der Waals surface area contributed by atoms with Crippen LogP contribution in [0.4, 0.5) is 0 Å². The quantitative estimate of drug-likeness (QED) is 0.611. The van der Waals surface area contributed by atoms with E-state index < -0.39 is 0 Å². The lowest BCUT2D eigenvalue weighted by atomic mass is 10.2. The van der Waals surface area contributed by atoms with Crippen LogP contribution in [0.2, 0.25) is 0 Å². The highest BCUT2D eigenvalue weighted by molar-refractivity contribution is 4.76. The third kappa shape index (κ3) is 2.78. The maximum absolute atomic E-state index is 2.70. The minimum absolute atomic E-state index is 0.935. The molecule has 0 heterocycles. The summed E-state index contributed by atoms with van der Waals surface area (Å²) in [7, 11) is 0. The van der Waals surface area contributed by atoms with Gasteiger partial charge in [0.05, 0.1) is 0 Å². The van der Waals surface area contributed by atoms with Gasteiger partial charge in [-0.3, -0.25) is 0 Å². The Morgan fingerprint density at radius 2 is 1.50 bits per heavy atom. The summed E-state index contributed by atoms with van der Waals surface area (Å²) in [5.74, 6) is 0. The van der Waals surface area contributed by atoms with Crippen molar-refractivity contribution in [3.8, 4) is 0 Å². The Hall–Kier alpha value is -0.0400. The van der Waals surface area contributed by atoms with Crippen LogP contribution in [0, 0.1) is 0 Å². The zero-order chi connectivity index (χ0) is 8.81. The van der Waals surface area contributed by atoms with E-state index in [1.165, 1.54) is 51.6 Å². The van der Waals surface area contributed by atoms with Crippen molar-refractivity contribution in [2.75, 3.05) is 13.1 Å². The van der Waals surface area contributed by atoms with Crippen LogP contribution in [-0.2, 0) is 0 Å². The summed E-state index contributed by atoms with van der Waals surface area (Å²) in [6.07, 6.45) is 8.48. The van der Waals surface area contributed by atoms with Crippen molar-refractivity contribution in [3.63, 3.8) is 0 Å². The second-order valence-corrected chi connectivity index (χ2v) is 3.97. The molecule has 1 aliphatic carbocycles. The molecule has 1 saturated carbocycles. The van der Waals surface area contributed by atoms with Crippen molar-refractivity contribution in [1.29, 1.82) is 0 Å². The molecule has 0 bridgehead atoms. The zero-order valence-electron chi connectivity index (χ0n) is 8.68. The summed E-state index contributed by atoms with van der Waals surface area (Å²) >= 11 is 0. The zero-order valence-corrected chi connectivity index (χ0v) is 8.68. The first-order valence-electron chi connectivity index (χ1n) is 5.62. The Labute approximate surface area is 77.1 Å². The summed E-state index contributed by atoms with van der Waals surface area (Å²) in [4.78, 5) is 2.70. The Balaban J connectivity index is 2.29.